The largest absolute Gasteiger partial charge is 0.384 e. The van der Waals surface area contributed by atoms with Crippen LogP contribution in [0.25, 0.3) is 0 Å². The highest BCUT2D eigenvalue weighted by atomic mass is 16.2. The van der Waals surface area contributed by atoms with Crippen molar-refractivity contribution < 1.29 is 9.90 Å². The Kier molecular flexibility index (Phi) is 4.01. The van der Waals surface area contributed by atoms with Crippen molar-refractivity contribution in [3.63, 3.8) is 0 Å². The molecule has 1 amide bonds. The fraction of sp³-hybridized carbons (Fsp3) is 0.400. The van der Waals surface area contributed by atoms with E-state index in [1.165, 1.54) is 0 Å². The molecular weight excluding hydrogens is 226 g/mol. The maximum absolute atomic E-state index is 11.9. The molecule has 1 aromatic rings. The molecule has 1 fully saturated rings. The van der Waals surface area contributed by atoms with Gasteiger partial charge < -0.3 is 10.4 Å². The highest BCUT2D eigenvalue weighted by Gasteiger charge is 2.36. The van der Waals surface area contributed by atoms with Crippen LogP contribution in [0.3, 0.4) is 0 Å². The number of benzene rings is 1. The molecule has 0 radical (unpaired) electrons. The summed E-state index contributed by atoms with van der Waals surface area (Å²) < 4.78 is 0. The van der Waals surface area contributed by atoms with Gasteiger partial charge in [-0.1, -0.05) is 25.2 Å². The van der Waals surface area contributed by atoms with Gasteiger partial charge in [0.05, 0.1) is 0 Å². The summed E-state index contributed by atoms with van der Waals surface area (Å²) in [5.74, 6) is 6.01. The summed E-state index contributed by atoms with van der Waals surface area (Å²) in [6, 6.07) is 7.47. The molecule has 1 aliphatic rings. The number of nitrogens with one attached hydrogen (secondary N) is 1. The van der Waals surface area contributed by atoms with Gasteiger partial charge in [-0.15, -0.1) is 0 Å². The summed E-state index contributed by atoms with van der Waals surface area (Å²) in [7, 11) is 0. The van der Waals surface area contributed by atoms with Gasteiger partial charge in [-0.25, -0.2) is 0 Å². The number of amides is 1. The van der Waals surface area contributed by atoms with E-state index in [1.807, 2.05) is 0 Å². The summed E-state index contributed by atoms with van der Waals surface area (Å²) in [5, 5.41) is 11.6. The Labute approximate surface area is 107 Å². The van der Waals surface area contributed by atoms with Crippen LogP contribution in [0, 0.1) is 17.8 Å². The second-order valence-corrected chi connectivity index (χ2v) is 4.52. The van der Waals surface area contributed by atoms with Gasteiger partial charge in [0.25, 0.3) is 5.91 Å². The van der Waals surface area contributed by atoms with Crippen LogP contribution in [0.4, 0.5) is 0 Å². The number of aliphatic hydroxyl groups is 1. The number of rotatable bonds is 3. The summed E-state index contributed by atoms with van der Waals surface area (Å²) >= 11 is 0. The van der Waals surface area contributed by atoms with Gasteiger partial charge in [-0.05, 0) is 36.6 Å². The Morgan fingerprint density at radius 2 is 2.17 bits per heavy atom. The van der Waals surface area contributed by atoms with Gasteiger partial charge in [0.15, 0.2) is 0 Å². The normalized spacial score (nSPS) is 20.8. The van der Waals surface area contributed by atoms with E-state index in [0.29, 0.717) is 17.5 Å². The Morgan fingerprint density at radius 3 is 2.72 bits per heavy atom. The lowest BCUT2D eigenvalue weighted by atomic mass is 10.1. The number of carbonyl (C=O) groups is 1. The minimum atomic E-state index is -0.150. The zero-order valence-corrected chi connectivity index (χ0v) is 10.4. The molecular formula is C15H17NO2. The third-order valence-electron chi connectivity index (χ3n) is 3.22. The maximum atomic E-state index is 11.9. The quantitative estimate of drug-likeness (QED) is 0.791. The van der Waals surface area contributed by atoms with Crippen LogP contribution in [0.15, 0.2) is 24.3 Å². The number of carbonyl (C=O) groups excluding carboxylic acids is 1. The van der Waals surface area contributed by atoms with E-state index in [0.717, 1.165) is 18.4 Å². The Morgan fingerprint density at radius 1 is 1.44 bits per heavy atom. The molecule has 1 aromatic carbocycles. The van der Waals surface area contributed by atoms with E-state index in [-0.39, 0.29) is 12.5 Å². The maximum Gasteiger partial charge on any atom is 0.251 e. The molecule has 0 aromatic heterocycles. The molecule has 3 heteroatoms. The minimum Gasteiger partial charge on any atom is -0.384 e. The molecule has 0 bridgehead atoms. The van der Waals surface area contributed by atoms with Crippen LogP contribution in [0.2, 0.25) is 0 Å². The average Bonchev–Trinajstić information content (AvgIpc) is 3.15. The van der Waals surface area contributed by atoms with Crippen molar-refractivity contribution in [1.82, 2.24) is 5.32 Å². The number of hydrogen-bond donors (Lipinski definition) is 2. The molecule has 2 N–H and O–H groups in total. The number of hydrogen-bond acceptors (Lipinski definition) is 2. The van der Waals surface area contributed by atoms with E-state index in [1.54, 1.807) is 24.3 Å². The molecule has 0 saturated heterocycles. The van der Waals surface area contributed by atoms with Gasteiger partial charge in [0, 0.05) is 17.2 Å². The van der Waals surface area contributed by atoms with Crippen LogP contribution in [-0.2, 0) is 0 Å². The van der Waals surface area contributed by atoms with Gasteiger partial charge in [-0.3, -0.25) is 4.79 Å². The molecule has 0 aliphatic heterocycles. The van der Waals surface area contributed by atoms with Gasteiger partial charge in [0.1, 0.15) is 6.61 Å². The topological polar surface area (TPSA) is 49.3 Å². The molecule has 3 nitrogen and oxygen atoms in total. The predicted molar refractivity (Wildman–Crippen MR) is 70.1 cm³/mol. The Bertz CT molecular complexity index is 481. The highest BCUT2D eigenvalue weighted by molar-refractivity contribution is 5.94. The van der Waals surface area contributed by atoms with Crippen molar-refractivity contribution in [1.29, 1.82) is 0 Å². The summed E-state index contributed by atoms with van der Waals surface area (Å²) in [6.07, 6.45) is 2.23. The van der Waals surface area contributed by atoms with Crippen molar-refractivity contribution in [2.75, 3.05) is 6.61 Å². The Balaban J connectivity index is 1.95. The first kappa shape index (κ1) is 12.7. The van der Waals surface area contributed by atoms with E-state index in [9.17, 15) is 4.79 Å². The lowest BCUT2D eigenvalue weighted by molar-refractivity contribution is 0.0949. The molecule has 94 valence electrons. The summed E-state index contributed by atoms with van der Waals surface area (Å²) in [6.45, 7) is 1.99. The van der Waals surface area contributed by atoms with E-state index >= 15 is 0 Å². The van der Waals surface area contributed by atoms with Gasteiger partial charge in [-0.2, -0.15) is 0 Å². The smallest absolute Gasteiger partial charge is 0.251 e. The molecule has 1 saturated carbocycles. The second-order valence-electron chi connectivity index (χ2n) is 4.52. The van der Waals surface area contributed by atoms with Gasteiger partial charge in [0.2, 0.25) is 0 Å². The van der Waals surface area contributed by atoms with Crippen LogP contribution >= 0.6 is 0 Å². The first-order valence-electron chi connectivity index (χ1n) is 6.25. The SMILES string of the molecule is CCC1CC1NC(=O)c1ccc(C#CCO)cc1. The van der Waals surface area contributed by atoms with Crippen LogP contribution in [-0.4, -0.2) is 23.7 Å². The van der Waals surface area contributed by atoms with E-state index in [2.05, 4.69) is 24.1 Å². The van der Waals surface area contributed by atoms with Crippen molar-refractivity contribution >= 4 is 5.91 Å². The van der Waals surface area contributed by atoms with Gasteiger partial charge >= 0.3 is 0 Å². The highest BCUT2D eigenvalue weighted by Crippen LogP contribution is 2.33. The molecule has 0 spiro atoms. The lowest BCUT2D eigenvalue weighted by Gasteiger charge is -2.04. The standard InChI is InChI=1S/C15H17NO2/c1-2-12-10-14(12)16-15(18)13-7-5-11(6-8-13)4-3-9-17/h5-8,12,14,17H,2,9-10H2,1H3,(H,16,18). The molecule has 0 heterocycles. The molecule has 18 heavy (non-hydrogen) atoms. The summed E-state index contributed by atoms with van der Waals surface area (Å²) in [4.78, 5) is 11.9. The first-order chi connectivity index (χ1) is 8.74. The van der Waals surface area contributed by atoms with Crippen molar-refractivity contribution in [3.05, 3.63) is 35.4 Å². The monoisotopic (exact) mass is 243 g/mol. The zero-order chi connectivity index (χ0) is 13.0. The minimum absolute atomic E-state index is 0.0161. The first-order valence-corrected chi connectivity index (χ1v) is 6.25. The molecule has 1 aliphatic carbocycles. The lowest BCUT2D eigenvalue weighted by Crippen LogP contribution is -2.26. The molecule has 2 atom stereocenters. The summed E-state index contributed by atoms with van der Waals surface area (Å²) in [5.41, 5.74) is 1.46. The number of aliphatic hydroxyl groups excluding tert-OH is 1. The fourth-order valence-electron chi connectivity index (χ4n) is 1.97. The molecule has 2 rings (SSSR count). The van der Waals surface area contributed by atoms with Crippen LogP contribution in [0.1, 0.15) is 35.7 Å². The predicted octanol–water partition coefficient (Wildman–Crippen LogP) is 1.56. The van der Waals surface area contributed by atoms with E-state index in [4.69, 9.17) is 5.11 Å². The third-order valence-corrected chi connectivity index (χ3v) is 3.22. The second kappa shape index (κ2) is 5.70. The van der Waals surface area contributed by atoms with Crippen molar-refractivity contribution in [2.24, 2.45) is 5.92 Å². The fourth-order valence-corrected chi connectivity index (χ4v) is 1.97. The zero-order valence-electron chi connectivity index (χ0n) is 10.4. The van der Waals surface area contributed by atoms with Crippen LogP contribution in [0.5, 0.6) is 0 Å². The van der Waals surface area contributed by atoms with Crippen molar-refractivity contribution in [2.45, 2.75) is 25.8 Å². The van der Waals surface area contributed by atoms with E-state index < -0.39 is 0 Å². The Hall–Kier alpha value is -1.79. The van der Waals surface area contributed by atoms with Crippen molar-refractivity contribution in [3.8, 4) is 11.8 Å². The van der Waals surface area contributed by atoms with Crippen LogP contribution < -0.4 is 5.32 Å². The third kappa shape index (κ3) is 3.12. The average molecular weight is 243 g/mol. The molecule has 2 unspecified atom stereocenters.